The average molecular weight is 467 g/mol. The Morgan fingerprint density at radius 1 is 0.882 bits per heavy atom. The molecule has 182 valence electrons. The van der Waals surface area contributed by atoms with Gasteiger partial charge >= 0.3 is 12.1 Å². The van der Waals surface area contributed by atoms with Crippen molar-refractivity contribution >= 4 is 18.0 Å². The number of hydrogen-bond donors (Lipinski definition) is 3. The van der Waals surface area contributed by atoms with Gasteiger partial charge in [0.15, 0.2) is 0 Å². The summed E-state index contributed by atoms with van der Waals surface area (Å²) in [7, 11) is 0. The standard InChI is InChI=1S/C27H34N2O5/c1-16(2)13-14-24(25(30)28-18(4)17(3)26(31)32)29-27(33)34-15-23-21-11-7-5-9-19(21)20-10-6-8-12-22(20)23/h5-12,16-18,23-24H,13-15H2,1-4H3,(H,28,30)(H,29,33)(H,31,32). The Kier molecular flexibility index (Phi) is 8.31. The lowest BCUT2D eigenvalue weighted by Gasteiger charge is -2.24. The molecule has 0 aromatic heterocycles. The van der Waals surface area contributed by atoms with Gasteiger partial charge in [-0.05, 0) is 54.9 Å². The van der Waals surface area contributed by atoms with E-state index in [4.69, 9.17) is 4.74 Å². The highest BCUT2D eigenvalue weighted by atomic mass is 16.5. The Hall–Kier alpha value is -3.35. The zero-order valence-electron chi connectivity index (χ0n) is 20.2. The van der Waals surface area contributed by atoms with Crippen LogP contribution in [0.1, 0.15) is 57.6 Å². The number of benzene rings is 2. The van der Waals surface area contributed by atoms with E-state index in [1.165, 1.54) is 6.92 Å². The van der Waals surface area contributed by atoms with Crippen molar-refractivity contribution in [2.75, 3.05) is 6.61 Å². The second kappa shape index (κ2) is 11.2. The van der Waals surface area contributed by atoms with Gasteiger partial charge in [-0.15, -0.1) is 0 Å². The third-order valence-corrected chi connectivity index (χ3v) is 6.49. The Morgan fingerprint density at radius 2 is 1.44 bits per heavy atom. The van der Waals surface area contributed by atoms with Crippen molar-refractivity contribution in [2.45, 2.75) is 58.5 Å². The number of nitrogens with one attached hydrogen (secondary N) is 2. The summed E-state index contributed by atoms with van der Waals surface area (Å²) in [6.45, 7) is 7.42. The van der Waals surface area contributed by atoms with Gasteiger partial charge in [-0.1, -0.05) is 62.4 Å². The zero-order chi connectivity index (χ0) is 24.8. The monoisotopic (exact) mass is 466 g/mol. The first-order valence-corrected chi connectivity index (χ1v) is 11.8. The highest BCUT2D eigenvalue weighted by molar-refractivity contribution is 5.86. The lowest BCUT2D eigenvalue weighted by molar-refractivity contribution is -0.142. The number of amides is 2. The highest BCUT2D eigenvalue weighted by Gasteiger charge is 2.30. The van der Waals surface area contributed by atoms with Crippen molar-refractivity contribution in [3.63, 3.8) is 0 Å². The van der Waals surface area contributed by atoms with Crippen LogP contribution in [0.3, 0.4) is 0 Å². The van der Waals surface area contributed by atoms with Gasteiger partial charge in [0.05, 0.1) is 5.92 Å². The van der Waals surface area contributed by atoms with E-state index in [9.17, 15) is 19.5 Å². The van der Waals surface area contributed by atoms with Crippen LogP contribution in [0.5, 0.6) is 0 Å². The maximum Gasteiger partial charge on any atom is 0.407 e. The van der Waals surface area contributed by atoms with Crippen LogP contribution in [0.15, 0.2) is 48.5 Å². The molecule has 3 N–H and O–H groups in total. The van der Waals surface area contributed by atoms with Crippen LogP contribution in [0, 0.1) is 11.8 Å². The van der Waals surface area contributed by atoms with E-state index in [-0.39, 0.29) is 12.5 Å². The van der Waals surface area contributed by atoms with Gasteiger partial charge in [0.1, 0.15) is 12.6 Å². The maximum atomic E-state index is 12.8. The molecule has 1 aliphatic rings. The molecule has 0 fully saturated rings. The molecule has 0 saturated heterocycles. The molecule has 3 atom stereocenters. The van der Waals surface area contributed by atoms with Crippen LogP contribution in [0.4, 0.5) is 4.79 Å². The van der Waals surface area contributed by atoms with E-state index >= 15 is 0 Å². The molecule has 0 radical (unpaired) electrons. The third kappa shape index (κ3) is 5.95. The Balaban J connectivity index is 1.65. The van der Waals surface area contributed by atoms with Crippen molar-refractivity contribution < 1.29 is 24.2 Å². The second-order valence-corrected chi connectivity index (χ2v) is 9.42. The number of carboxylic acids is 1. The van der Waals surface area contributed by atoms with E-state index in [1.807, 2.05) is 50.2 Å². The third-order valence-electron chi connectivity index (χ3n) is 6.49. The van der Waals surface area contributed by atoms with Gasteiger partial charge in [0, 0.05) is 12.0 Å². The fraction of sp³-hybridized carbons (Fsp3) is 0.444. The molecule has 3 rings (SSSR count). The van der Waals surface area contributed by atoms with E-state index in [0.717, 1.165) is 28.7 Å². The first-order valence-electron chi connectivity index (χ1n) is 11.8. The van der Waals surface area contributed by atoms with Crippen LogP contribution in [-0.2, 0) is 14.3 Å². The normalized spacial score (nSPS) is 15.1. The molecular weight excluding hydrogens is 432 g/mol. The summed E-state index contributed by atoms with van der Waals surface area (Å²) < 4.78 is 5.59. The number of hydrogen-bond acceptors (Lipinski definition) is 4. The van der Waals surface area contributed by atoms with Crippen LogP contribution in [0.2, 0.25) is 0 Å². The number of aliphatic carboxylic acids is 1. The second-order valence-electron chi connectivity index (χ2n) is 9.42. The molecule has 1 aliphatic carbocycles. The summed E-state index contributed by atoms with van der Waals surface area (Å²) in [5, 5.41) is 14.6. The molecule has 2 aromatic rings. The minimum absolute atomic E-state index is 0.0717. The largest absolute Gasteiger partial charge is 0.481 e. The van der Waals surface area contributed by atoms with E-state index in [0.29, 0.717) is 12.3 Å². The quantitative estimate of drug-likeness (QED) is 0.476. The molecule has 0 saturated carbocycles. The molecule has 7 nitrogen and oxygen atoms in total. The van der Waals surface area contributed by atoms with Gasteiger partial charge < -0.3 is 20.5 Å². The van der Waals surface area contributed by atoms with Crippen molar-refractivity contribution in [2.24, 2.45) is 11.8 Å². The lowest BCUT2D eigenvalue weighted by Crippen LogP contribution is -2.51. The highest BCUT2D eigenvalue weighted by Crippen LogP contribution is 2.44. The number of rotatable bonds is 10. The summed E-state index contributed by atoms with van der Waals surface area (Å²) >= 11 is 0. The predicted octanol–water partition coefficient (Wildman–Crippen LogP) is 4.56. The predicted molar refractivity (Wildman–Crippen MR) is 130 cm³/mol. The fourth-order valence-corrected chi connectivity index (χ4v) is 4.21. The van der Waals surface area contributed by atoms with Crippen LogP contribution in [0.25, 0.3) is 11.1 Å². The molecule has 0 bridgehead atoms. The summed E-state index contributed by atoms with van der Waals surface area (Å²) in [6.07, 6.45) is 0.497. The molecular formula is C27H34N2O5. The zero-order valence-corrected chi connectivity index (χ0v) is 20.2. The number of carboxylic acid groups (broad SMARTS) is 1. The molecule has 2 aromatic carbocycles. The SMILES string of the molecule is CC(C)CCC(NC(=O)OCC1c2ccccc2-c2ccccc21)C(=O)NC(C)C(C)C(=O)O. The Morgan fingerprint density at radius 3 is 1.97 bits per heavy atom. The fourth-order valence-electron chi connectivity index (χ4n) is 4.21. The summed E-state index contributed by atoms with van der Waals surface area (Å²) in [5.74, 6) is -1.87. The summed E-state index contributed by atoms with van der Waals surface area (Å²) in [5.41, 5.74) is 4.51. The molecule has 34 heavy (non-hydrogen) atoms. The van der Waals surface area contributed by atoms with Crippen molar-refractivity contribution in [1.29, 1.82) is 0 Å². The maximum absolute atomic E-state index is 12.8. The minimum atomic E-state index is -0.990. The van der Waals surface area contributed by atoms with E-state index in [1.54, 1.807) is 6.92 Å². The molecule has 2 amide bonds. The Bertz CT molecular complexity index is 990. The van der Waals surface area contributed by atoms with Crippen LogP contribution >= 0.6 is 0 Å². The van der Waals surface area contributed by atoms with Gasteiger partial charge in [0.2, 0.25) is 5.91 Å². The molecule has 0 aliphatic heterocycles. The minimum Gasteiger partial charge on any atom is -0.481 e. The number of carbonyl (C=O) groups is 3. The van der Waals surface area contributed by atoms with Gasteiger partial charge in [-0.25, -0.2) is 4.79 Å². The smallest absolute Gasteiger partial charge is 0.407 e. The number of ether oxygens (including phenoxy) is 1. The van der Waals surface area contributed by atoms with Crippen molar-refractivity contribution in [3.05, 3.63) is 59.7 Å². The molecule has 3 unspecified atom stereocenters. The van der Waals surface area contributed by atoms with Crippen molar-refractivity contribution in [1.82, 2.24) is 10.6 Å². The summed E-state index contributed by atoms with van der Waals surface area (Å²) in [6, 6.07) is 14.8. The number of carbonyl (C=O) groups excluding carboxylic acids is 2. The average Bonchev–Trinajstić information content (AvgIpc) is 3.13. The van der Waals surface area contributed by atoms with E-state index < -0.39 is 36.0 Å². The molecule has 0 heterocycles. The van der Waals surface area contributed by atoms with Crippen LogP contribution in [-0.4, -0.2) is 41.8 Å². The van der Waals surface area contributed by atoms with Crippen LogP contribution < -0.4 is 10.6 Å². The van der Waals surface area contributed by atoms with Gasteiger partial charge in [-0.2, -0.15) is 0 Å². The first kappa shape index (κ1) is 25.3. The number of alkyl carbamates (subject to hydrolysis) is 1. The lowest BCUT2D eigenvalue weighted by atomic mass is 9.98. The Labute approximate surface area is 200 Å². The van der Waals surface area contributed by atoms with Gasteiger partial charge in [0.25, 0.3) is 0 Å². The van der Waals surface area contributed by atoms with Gasteiger partial charge in [-0.3, -0.25) is 9.59 Å². The molecule has 0 spiro atoms. The summed E-state index contributed by atoms with van der Waals surface area (Å²) in [4.78, 5) is 36.8. The topological polar surface area (TPSA) is 105 Å². The van der Waals surface area contributed by atoms with E-state index in [2.05, 4.69) is 22.8 Å². The number of fused-ring (bicyclic) bond motifs is 3. The molecule has 7 heteroatoms. The first-order chi connectivity index (χ1) is 16.2. The van der Waals surface area contributed by atoms with Crippen molar-refractivity contribution in [3.8, 4) is 11.1 Å².